The third-order valence-electron chi connectivity index (χ3n) is 5.36. The van der Waals surface area contributed by atoms with Gasteiger partial charge in [0, 0.05) is 13.6 Å². The van der Waals surface area contributed by atoms with Crippen LogP contribution in [0.5, 0.6) is 0 Å². The summed E-state index contributed by atoms with van der Waals surface area (Å²) in [4.78, 5) is 34.4. The van der Waals surface area contributed by atoms with Gasteiger partial charge in [0.1, 0.15) is 5.82 Å². The monoisotopic (exact) mass is 397 g/mol. The number of aromatic nitrogens is 4. The zero-order valence-electron chi connectivity index (χ0n) is 18.1. The molecular formula is C22H31N5O2. The molecule has 1 N–H and O–H groups in total. The third-order valence-corrected chi connectivity index (χ3v) is 5.36. The van der Waals surface area contributed by atoms with Crippen molar-refractivity contribution in [2.45, 2.75) is 53.6 Å². The topological polar surface area (TPSA) is 75.9 Å². The van der Waals surface area contributed by atoms with Crippen molar-refractivity contribution in [3.63, 3.8) is 0 Å². The molecule has 0 bridgehead atoms. The molecule has 0 aliphatic carbocycles. The molecule has 29 heavy (non-hydrogen) atoms. The highest BCUT2D eigenvalue weighted by Crippen LogP contribution is 2.19. The molecule has 0 fully saturated rings. The van der Waals surface area contributed by atoms with Crippen molar-refractivity contribution in [1.82, 2.24) is 24.0 Å². The maximum atomic E-state index is 12.7. The molecule has 0 amide bonds. The lowest BCUT2D eigenvalue weighted by atomic mass is 10.1. The minimum Gasteiger partial charge on any atom is -0.317 e. The van der Waals surface area contributed by atoms with Gasteiger partial charge in [0.2, 0.25) is 0 Å². The van der Waals surface area contributed by atoms with Crippen LogP contribution in [-0.4, -0.2) is 37.1 Å². The molecule has 0 saturated heterocycles. The van der Waals surface area contributed by atoms with E-state index in [0.717, 1.165) is 37.3 Å². The molecule has 156 valence electrons. The molecule has 3 aromatic rings. The Balaban J connectivity index is 2.18. The van der Waals surface area contributed by atoms with E-state index < -0.39 is 5.69 Å². The van der Waals surface area contributed by atoms with E-state index in [-0.39, 0.29) is 5.56 Å². The Morgan fingerprint density at radius 1 is 1.10 bits per heavy atom. The lowest BCUT2D eigenvalue weighted by Crippen LogP contribution is -2.29. The fourth-order valence-electron chi connectivity index (χ4n) is 3.81. The first-order valence-electron chi connectivity index (χ1n) is 10.3. The van der Waals surface area contributed by atoms with Crippen molar-refractivity contribution in [3.05, 3.63) is 61.6 Å². The molecule has 0 saturated carbocycles. The second kappa shape index (κ2) is 8.78. The number of aryl methyl sites for hydroxylation is 3. The Morgan fingerprint density at radius 3 is 2.45 bits per heavy atom. The van der Waals surface area contributed by atoms with E-state index in [9.17, 15) is 9.59 Å². The lowest BCUT2D eigenvalue weighted by molar-refractivity contribution is 0.257. The summed E-state index contributed by atoms with van der Waals surface area (Å²) in [6.45, 7) is 11.6. The lowest BCUT2D eigenvalue weighted by Gasteiger charge is -2.21. The summed E-state index contributed by atoms with van der Waals surface area (Å²) >= 11 is 0. The first kappa shape index (κ1) is 21.0. The molecule has 0 atom stereocenters. The predicted octanol–water partition coefficient (Wildman–Crippen LogP) is 2.71. The van der Waals surface area contributed by atoms with Crippen LogP contribution in [0.4, 0.5) is 0 Å². The minimum atomic E-state index is -0.440. The molecule has 0 spiro atoms. The molecule has 1 aromatic carbocycles. The minimum absolute atomic E-state index is 0.385. The summed E-state index contributed by atoms with van der Waals surface area (Å²) in [5, 5.41) is 0. The van der Waals surface area contributed by atoms with Gasteiger partial charge in [-0.15, -0.1) is 0 Å². The Bertz CT molecular complexity index is 1120. The van der Waals surface area contributed by atoms with Gasteiger partial charge < -0.3 is 4.57 Å². The van der Waals surface area contributed by atoms with Gasteiger partial charge in [-0.05, 0) is 50.9 Å². The van der Waals surface area contributed by atoms with Crippen LogP contribution in [0, 0.1) is 13.8 Å². The van der Waals surface area contributed by atoms with Gasteiger partial charge in [0.25, 0.3) is 5.56 Å². The Kier molecular flexibility index (Phi) is 6.37. The second-order valence-electron chi connectivity index (χ2n) is 7.81. The number of benzene rings is 1. The van der Waals surface area contributed by atoms with Gasteiger partial charge in [-0.2, -0.15) is 0 Å². The fourth-order valence-corrected chi connectivity index (χ4v) is 3.81. The predicted molar refractivity (Wildman–Crippen MR) is 116 cm³/mol. The van der Waals surface area contributed by atoms with Crippen LogP contribution in [0.25, 0.3) is 11.2 Å². The van der Waals surface area contributed by atoms with E-state index in [1.54, 1.807) is 7.05 Å². The standard InChI is InChI=1S/C22H31N5O2/c1-6-10-26(11-7-2)14-18-23-20-19(21(28)24-22(29)25(20)5)27(18)13-17-12-15(3)8-9-16(17)4/h8-9,12H,6-7,10-11,13-14H2,1-5H3,(H,24,28,29). The quantitative estimate of drug-likeness (QED) is 0.634. The van der Waals surface area contributed by atoms with Gasteiger partial charge >= 0.3 is 5.69 Å². The summed E-state index contributed by atoms with van der Waals surface area (Å²) in [6, 6.07) is 6.34. The second-order valence-corrected chi connectivity index (χ2v) is 7.81. The van der Waals surface area contributed by atoms with Crippen molar-refractivity contribution < 1.29 is 0 Å². The normalized spacial score (nSPS) is 11.7. The number of aromatic amines is 1. The maximum absolute atomic E-state index is 12.7. The van der Waals surface area contributed by atoms with E-state index >= 15 is 0 Å². The molecular weight excluding hydrogens is 366 g/mol. The first-order chi connectivity index (χ1) is 13.8. The van der Waals surface area contributed by atoms with Crippen molar-refractivity contribution in [2.75, 3.05) is 13.1 Å². The highest BCUT2D eigenvalue weighted by Gasteiger charge is 2.19. The van der Waals surface area contributed by atoms with E-state index in [4.69, 9.17) is 4.98 Å². The molecule has 2 heterocycles. The molecule has 0 radical (unpaired) electrons. The molecule has 3 rings (SSSR count). The summed E-state index contributed by atoms with van der Waals surface area (Å²) in [5.41, 5.74) is 3.56. The Labute approximate surface area is 171 Å². The summed E-state index contributed by atoms with van der Waals surface area (Å²) in [6.07, 6.45) is 2.10. The number of hydrogen-bond donors (Lipinski definition) is 1. The average Bonchev–Trinajstić information content (AvgIpc) is 3.02. The van der Waals surface area contributed by atoms with Gasteiger partial charge in [0.15, 0.2) is 11.2 Å². The van der Waals surface area contributed by atoms with Gasteiger partial charge in [-0.3, -0.25) is 19.2 Å². The number of fused-ring (bicyclic) bond motifs is 1. The average molecular weight is 398 g/mol. The number of imidazole rings is 1. The zero-order chi connectivity index (χ0) is 21.1. The summed E-state index contributed by atoms with van der Waals surface area (Å²) < 4.78 is 3.40. The summed E-state index contributed by atoms with van der Waals surface area (Å²) in [5.74, 6) is 0.814. The van der Waals surface area contributed by atoms with Crippen molar-refractivity contribution in [1.29, 1.82) is 0 Å². The van der Waals surface area contributed by atoms with Gasteiger partial charge in [-0.1, -0.05) is 37.6 Å². The highest BCUT2D eigenvalue weighted by atomic mass is 16.2. The Hall–Kier alpha value is -2.67. The maximum Gasteiger partial charge on any atom is 0.329 e. The molecule has 0 unspecified atom stereocenters. The number of H-pyrrole nitrogens is 1. The largest absolute Gasteiger partial charge is 0.329 e. The van der Waals surface area contributed by atoms with Crippen LogP contribution in [-0.2, 0) is 20.1 Å². The van der Waals surface area contributed by atoms with E-state index in [1.807, 2.05) is 4.57 Å². The third kappa shape index (κ3) is 4.34. The Morgan fingerprint density at radius 2 is 1.79 bits per heavy atom. The van der Waals surface area contributed by atoms with E-state index in [0.29, 0.717) is 24.3 Å². The number of nitrogens with zero attached hydrogens (tertiary/aromatic N) is 4. The number of hydrogen-bond acceptors (Lipinski definition) is 4. The van der Waals surface area contributed by atoms with E-state index in [1.165, 1.54) is 15.7 Å². The van der Waals surface area contributed by atoms with E-state index in [2.05, 4.69) is 55.8 Å². The van der Waals surface area contributed by atoms with Crippen LogP contribution in [0.3, 0.4) is 0 Å². The van der Waals surface area contributed by atoms with Gasteiger partial charge in [-0.25, -0.2) is 9.78 Å². The van der Waals surface area contributed by atoms with Crippen LogP contribution < -0.4 is 11.2 Å². The fraction of sp³-hybridized carbons (Fsp3) is 0.500. The molecule has 7 heteroatoms. The summed E-state index contributed by atoms with van der Waals surface area (Å²) in [7, 11) is 1.65. The van der Waals surface area contributed by atoms with Crippen LogP contribution in [0.2, 0.25) is 0 Å². The van der Waals surface area contributed by atoms with Crippen molar-refractivity contribution in [2.24, 2.45) is 7.05 Å². The van der Waals surface area contributed by atoms with Crippen LogP contribution in [0.1, 0.15) is 49.2 Å². The molecule has 2 aromatic heterocycles. The number of nitrogens with one attached hydrogen (secondary N) is 1. The SMILES string of the molecule is CCCN(CCC)Cc1nc2c(c(=O)[nH]c(=O)n2C)n1Cc1cc(C)ccc1C. The van der Waals surface area contributed by atoms with Crippen LogP contribution >= 0.6 is 0 Å². The molecule has 0 aliphatic heterocycles. The van der Waals surface area contributed by atoms with Crippen LogP contribution in [0.15, 0.2) is 27.8 Å². The first-order valence-corrected chi connectivity index (χ1v) is 10.3. The highest BCUT2D eigenvalue weighted by molar-refractivity contribution is 5.71. The smallest absolute Gasteiger partial charge is 0.317 e. The molecule has 7 nitrogen and oxygen atoms in total. The van der Waals surface area contributed by atoms with Crippen molar-refractivity contribution >= 4 is 11.2 Å². The van der Waals surface area contributed by atoms with Gasteiger partial charge in [0.05, 0.1) is 6.54 Å². The zero-order valence-corrected chi connectivity index (χ0v) is 18.1. The van der Waals surface area contributed by atoms with Crippen molar-refractivity contribution in [3.8, 4) is 0 Å². The molecule has 0 aliphatic rings. The number of rotatable bonds is 8.